The molecule has 4 rings (SSSR count). The van der Waals surface area contributed by atoms with E-state index in [0.717, 1.165) is 10.8 Å². The van der Waals surface area contributed by atoms with E-state index in [1.165, 1.54) is 18.4 Å². The highest BCUT2D eigenvalue weighted by Gasteiger charge is 2.22. The molecule has 0 radical (unpaired) electrons. The number of furan rings is 1. The average Bonchev–Trinajstić information content (AvgIpc) is 3.07. The van der Waals surface area contributed by atoms with Gasteiger partial charge in [0.25, 0.3) is 15.9 Å². The fourth-order valence-corrected chi connectivity index (χ4v) is 3.80. The molecule has 124 valence electrons. The van der Waals surface area contributed by atoms with Gasteiger partial charge in [-0.25, -0.2) is 13.1 Å². The van der Waals surface area contributed by atoms with Gasteiger partial charge in [0.1, 0.15) is 11.8 Å². The summed E-state index contributed by atoms with van der Waals surface area (Å²) in [6.07, 6.45) is 1.28. The fourth-order valence-electron chi connectivity index (χ4n) is 2.81. The first-order valence-corrected chi connectivity index (χ1v) is 9.06. The first-order chi connectivity index (χ1) is 12.1. The molecule has 5 nitrogen and oxygen atoms in total. The molecule has 0 aliphatic heterocycles. The fraction of sp³-hybridized carbons (Fsp3) is 0. The van der Waals surface area contributed by atoms with Crippen LogP contribution in [0.1, 0.15) is 10.4 Å². The number of amides is 1. The van der Waals surface area contributed by atoms with Crippen LogP contribution in [-0.2, 0) is 10.0 Å². The van der Waals surface area contributed by atoms with Crippen LogP contribution in [0.5, 0.6) is 0 Å². The zero-order valence-corrected chi connectivity index (χ0v) is 13.8. The summed E-state index contributed by atoms with van der Waals surface area (Å²) >= 11 is 0. The highest BCUT2D eigenvalue weighted by Crippen LogP contribution is 2.30. The largest absolute Gasteiger partial charge is 0.463 e. The zero-order chi connectivity index (χ0) is 17.4. The minimum atomic E-state index is -3.95. The molecule has 0 saturated carbocycles. The second kappa shape index (κ2) is 5.75. The molecule has 0 fully saturated rings. The van der Waals surface area contributed by atoms with Crippen molar-refractivity contribution >= 4 is 37.7 Å². The minimum Gasteiger partial charge on any atom is -0.463 e. The van der Waals surface area contributed by atoms with E-state index >= 15 is 0 Å². The van der Waals surface area contributed by atoms with Crippen molar-refractivity contribution in [3.8, 4) is 0 Å². The molecule has 1 heterocycles. The van der Waals surface area contributed by atoms with E-state index in [4.69, 9.17) is 4.42 Å². The van der Waals surface area contributed by atoms with E-state index in [-0.39, 0.29) is 10.5 Å². The predicted octanol–water partition coefficient (Wildman–Crippen LogP) is 3.70. The third kappa shape index (κ3) is 2.66. The van der Waals surface area contributed by atoms with E-state index in [2.05, 4.69) is 4.72 Å². The maximum Gasteiger partial charge on any atom is 0.268 e. The summed E-state index contributed by atoms with van der Waals surface area (Å²) in [5, 5.41) is 2.37. The smallest absolute Gasteiger partial charge is 0.268 e. The van der Waals surface area contributed by atoms with E-state index in [0.29, 0.717) is 11.0 Å². The second-order valence-electron chi connectivity index (χ2n) is 5.56. The second-order valence-corrected chi connectivity index (χ2v) is 7.24. The third-order valence-corrected chi connectivity index (χ3v) is 5.34. The highest BCUT2D eigenvalue weighted by atomic mass is 32.2. The number of fused-ring (bicyclic) bond motifs is 3. The predicted molar refractivity (Wildman–Crippen MR) is 94.8 cm³/mol. The summed E-state index contributed by atoms with van der Waals surface area (Å²) in [4.78, 5) is 12.6. The van der Waals surface area contributed by atoms with E-state index in [1.54, 1.807) is 24.3 Å². The summed E-state index contributed by atoms with van der Waals surface area (Å²) in [5.41, 5.74) is 0.715. The Labute approximate surface area is 143 Å². The molecule has 0 saturated heterocycles. The number of carbonyl (C=O) groups is 1. The number of hydrogen-bond donors (Lipinski definition) is 1. The van der Waals surface area contributed by atoms with Gasteiger partial charge in [0.2, 0.25) is 0 Å². The molecule has 0 spiro atoms. The molecule has 0 aliphatic carbocycles. The van der Waals surface area contributed by atoms with Crippen LogP contribution in [0.3, 0.4) is 0 Å². The maximum atomic E-state index is 12.6. The number of benzene rings is 3. The van der Waals surface area contributed by atoms with Crippen molar-refractivity contribution in [1.29, 1.82) is 0 Å². The van der Waals surface area contributed by atoms with Gasteiger partial charge < -0.3 is 4.42 Å². The third-order valence-electron chi connectivity index (χ3n) is 3.99. The normalized spacial score (nSPS) is 11.7. The minimum absolute atomic E-state index is 0.0287. The van der Waals surface area contributed by atoms with Crippen LogP contribution in [0, 0.1) is 0 Å². The van der Waals surface area contributed by atoms with Gasteiger partial charge in [-0.1, -0.05) is 48.5 Å². The van der Waals surface area contributed by atoms with Crippen molar-refractivity contribution in [2.75, 3.05) is 0 Å². The molecular formula is C19H13NO4S. The number of carbonyl (C=O) groups excluding carboxylic acids is 1. The van der Waals surface area contributed by atoms with Crippen molar-refractivity contribution in [1.82, 2.24) is 4.72 Å². The van der Waals surface area contributed by atoms with Crippen molar-refractivity contribution in [2.24, 2.45) is 0 Å². The quantitative estimate of drug-likeness (QED) is 0.610. The number of hydrogen-bond acceptors (Lipinski definition) is 4. The molecule has 1 N–H and O–H groups in total. The Balaban J connectivity index is 1.80. The lowest BCUT2D eigenvalue weighted by molar-refractivity contribution is 0.0982. The molecule has 25 heavy (non-hydrogen) atoms. The van der Waals surface area contributed by atoms with Crippen LogP contribution in [0.4, 0.5) is 0 Å². The lowest BCUT2D eigenvalue weighted by Gasteiger charge is -2.06. The molecule has 0 aliphatic rings. The van der Waals surface area contributed by atoms with Crippen LogP contribution in [0.15, 0.2) is 82.3 Å². The van der Waals surface area contributed by atoms with Gasteiger partial charge in [-0.2, -0.15) is 0 Å². The Bertz CT molecular complexity index is 1190. The van der Waals surface area contributed by atoms with Crippen molar-refractivity contribution in [3.63, 3.8) is 0 Å². The standard InChI is InChI=1S/C19H13NO4S/c21-19(20-25(22,23)14-7-2-1-3-8-14)16-12-24-17-11-10-13-6-4-5-9-15(13)18(16)17/h1-12H,(H,20,21). The molecule has 1 aromatic heterocycles. The molecular weight excluding hydrogens is 338 g/mol. The topological polar surface area (TPSA) is 76.4 Å². The molecule has 4 aromatic rings. The Kier molecular flexibility index (Phi) is 3.54. The molecule has 1 amide bonds. The van der Waals surface area contributed by atoms with E-state index < -0.39 is 15.9 Å². The first-order valence-electron chi connectivity index (χ1n) is 7.57. The van der Waals surface area contributed by atoms with Crippen molar-refractivity contribution in [2.45, 2.75) is 4.90 Å². The lowest BCUT2D eigenvalue weighted by atomic mass is 10.0. The molecule has 0 unspecified atom stereocenters. The van der Waals surface area contributed by atoms with Crippen molar-refractivity contribution in [3.05, 3.63) is 78.6 Å². The average molecular weight is 351 g/mol. The number of sulfonamides is 1. The Hall–Kier alpha value is -3.12. The number of nitrogens with one attached hydrogen (secondary N) is 1. The lowest BCUT2D eigenvalue weighted by Crippen LogP contribution is -2.30. The molecule has 6 heteroatoms. The van der Waals surface area contributed by atoms with Gasteiger partial charge >= 0.3 is 0 Å². The summed E-state index contributed by atoms with van der Waals surface area (Å²) in [7, 11) is -3.95. The highest BCUT2D eigenvalue weighted by molar-refractivity contribution is 7.90. The Morgan fingerprint density at radius 2 is 1.60 bits per heavy atom. The van der Waals surface area contributed by atoms with Crippen LogP contribution in [0.25, 0.3) is 21.7 Å². The monoisotopic (exact) mass is 351 g/mol. The van der Waals surface area contributed by atoms with Crippen LogP contribution >= 0.6 is 0 Å². The van der Waals surface area contributed by atoms with E-state index in [9.17, 15) is 13.2 Å². The van der Waals surface area contributed by atoms with Gasteiger partial charge in [0.15, 0.2) is 0 Å². The summed E-state index contributed by atoms with van der Waals surface area (Å²) in [6, 6.07) is 19.0. The van der Waals surface area contributed by atoms with Gasteiger partial charge in [-0.15, -0.1) is 0 Å². The Morgan fingerprint density at radius 1 is 0.880 bits per heavy atom. The first kappa shape index (κ1) is 15.4. The Morgan fingerprint density at radius 3 is 2.40 bits per heavy atom. The summed E-state index contributed by atoms with van der Waals surface area (Å²) < 4.78 is 32.3. The van der Waals surface area contributed by atoms with Crippen molar-refractivity contribution < 1.29 is 17.6 Å². The molecule has 0 bridgehead atoms. The molecule has 3 aromatic carbocycles. The molecule has 0 atom stereocenters. The van der Waals surface area contributed by atoms with Crippen LogP contribution in [0.2, 0.25) is 0 Å². The van der Waals surface area contributed by atoms with Gasteiger partial charge in [0, 0.05) is 5.39 Å². The summed E-state index contributed by atoms with van der Waals surface area (Å²) in [5.74, 6) is -0.723. The SMILES string of the molecule is O=C(NS(=O)(=O)c1ccccc1)c1coc2ccc3ccccc3c12. The van der Waals surface area contributed by atoms with Crippen LogP contribution < -0.4 is 4.72 Å². The van der Waals surface area contributed by atoms with Crippen LogP contribution in [-0.4, -0.2) is 14.3 Å². The maximum absolute atomic E-state index is 12.6. The van der Waals surface area contributed by atoms with Gasteiger partial charge in [-0.3, -0.25) is 4.79 Å². The van der Waals surface area contributed by atoms with Gasteiger partial charge in [0.05, 0.1) is 10.5 Å². The van der Waals surface area contributed by atoms with Gasteiger partial charge in [-0.05, 0) is 29.0 Å². The number of rotatable bonds is 3. The van der Waals surface area contributed by atoms with E-state index in [1.807, 2.05) is 30.3 Å². The zero-order valence-electron chi connectivity index (χ0n) is 13.0. The summed E-state index contributed by atoms with van der Waals surface area (Å²) in [6.45, 7) is 0.